The number of amidine groups is 1. The maximum absolute atomic E-state index is 7.22. The van der Waals surface area contributed by atoms with E-state index in [1.165, 1.54) is 0 Å². The van der Waals surface area contributed by atoms with Gasteiger partial charge in [0, 0.05) is 7.05 Å². The van der Waals surface area contributed by atoms with Crippen LogP contribution in [0.3, 0.4) is 0 Å². The summed E-state index contributed by atoms with van der Waals surface area (Å²) in [5.41, 5.74) is 0. The monoisotopic (exact) mass is 129 g/mol. The molecule has 3 heteroatoms. The van der Waals surface area contributed by atoms with Crippen molar-refractivity contribution in [3.63, 3.8) is 0 Å². The molecule has 0 aromatic carbocycles. The first-order chi connectivity index (χ1) is 4.09. The first kappa shape index (κ1) is 8.43. The summed E-state index contributed by atoms with van der Waals surface area (Å²) in [5.74, 6) is 0.580. The molecule has 0 aliphatic rings. The van der Waals surface area contributed by atoms with Crippen molar-refractivity contribution in [2.75, 3.05) is 14.1 Å². The van der Waals surface area contributed by atoms with Gasteiger partial charge in [-0.25, -0.2) is 0 Å². The Morgan fingerprint density at radius 1 is 1.67 bits per heavy atom. The maximum Gasteiger partial charge on any atom is 0.0935 e. The topological polar surface area (TPSA) is 39.1 Å². The summed E-state index contributed by atoms with van der Waals surface area (Å²) in [5, 5.41) is 10.3. The normalized spacial score (nSPS) is 12.9. The number of rotatable bonds is 2. The lowest BCUT2D eigenvalue weighted by Gasteiger charge is -2.24. The summed E-state index contributed by atoms with van der Waals surface area (Å²) in [4.78, 5) is 1.86. The highest BCUT2D eigenvalue weighted by Crippen LogP contribution is 1.89. The summed E-state index contributed by atoms with van der Waals surface area (Å²) in [6.07, 6.45) is 0.252. The van der Waals surface area contributed by atoms with Crippen LogP contribution in [0.4, 0.5) is 0 Å². The van der Waals surface area contributed by atoms with E-state index in [0.717, 1.165) is 0 Å². The van der Waals surface area contributed by atoms with Gasteiger partial charge in [-0.2, -0.15) is 0 Å². The fourth-order valence-electron chi connectivity index (χ4n) is 0.484. The van der Waals surface area contributed by atoms with Gasteiger partial charge in [-0.05, 0) is 20.9 Å². The average Bonchev–Trinajstić information content (AvgIpc) is 1.84. The van der Waals surface area contributed by atoms with Gasteiger partial charge >= 0.3 is 0 Å². The molecule has 54 valence electrons. The van der Waals surface area contributed by atoms with E-state index in [2.05, 4.69) is 5.32 Å². The molecule has 2 N–H and O–H groups in total. The lowest BCUT2D eigenvalue weighted by Crippen LogP contribution is -2.41. The van der Waals surface area contributed by atoms with Crippen molar-refractivity contribution in [1.82, 2.24) is 10.2 Å². The Kier molecular flexibility index (Phi) is 3.24. The van der Waals surface area contributed by atoms with Gasteiger partial charge in [-0.3, -0.25) is 5.41 Å². The second-order valence-electron chi connectivity index (χ2n) is 2.16. The van der Waals surface area contributed by atoms with Gasteiger partial charge in [0.05, 0.1) is 12.0 Å². The lowest BCUT2D eigenvalue weighted by atomic mass is 10.4. The molecule has 0 heterocycles. The van der Waals surface area contributed by atoms with Crippen LogP contribution in [0.2, 0.25) is 0 Å². The van der Waals surface area contributed by atoms with Crippen molar-refractivity contribution in [1.29, 1.82) is 5.41 Å². The molecule has 0 aliphatic heterocycles. The number of nitrogens with zero attached hydrogens (tertiary/aromatic N) is 1. The minimum atomic E-state index is 0.252. The minimum Gasteiger partial charge on any atom is -0.349 e. The van der Waals surface area contributed by atoms with E-state index in [4.69, 9.17) is 5.41 Å². The maximum atomic E-state index is 7.22. The van der Waals surface area contributed by atoms with Crippen LogP contribution in [-0.2, 0) is 0 Å². The summed E-state index contributed by atoms with van der Waals surface area (Å²) >= 11 is 0. The molecule has 0 spiro atoms. The van der Waals surface area contributed by atoms with Crippen molar-refractivity contribution in [2.45, 2.75) is 20.0 Å². The van der Waals surface area contributed by atoms with Crippen LogP contribution in [0.25, 0.3) is 0 Å². The molecule has 9 heavy (non-hydrogen) atoms. The fraction of sp³-hybridized carbons (Fsp3) is 0.833. The summed E-state index contributed by atoms with van der Waals surface area (Å²) in [7, 11) is 3.77. The Balaban J connectivity index is 3.72. The predicted molar refractivity (Wildman–Crippen MR) is 39.7 cm³/mol. The van der Waals surface area contributed by atoms with Gasteiger partial charge in [-0.1, -0.05) is 0 Å². The van der Waals surface area contributed by atoms with Crippen LogP contribution in [0.5, 0.6) is 0 Å². The number of nitrogens with one attached hydrogen (secondary N) is 2. The predicted octanol–water partition coefficient (Wildman–Crippen LogP) is 0.481. The first-order valence-electron chi connectivity index (χ1n) is 3.05. The zero-order chi connectivity index (χ0) is 7.44. The quantitative estimate of drug-likeness (QED) is 0.323. The van der Waals surface area contributed by atoms with Gasteiger partial charge in [0.2, 0.25) is 0 Å². The molecule has 1 atom stereocenters. The Hall–Kier alpha value is -0.570. The first-order valence-corrected chi connectivity index (χ1v) is 3.05. The van der Waals surface area contributed by atoms with Gasteiger partial charge in [0.15, 0.2) is 0 Å². The molecule has 0 aromatic heterocycles. The Morgan fingerprint density at radius 3 is 2.22 bits per heavy atom. The van der Waals surface area contributed by atoms with Gasteiger partial charge in [0.25, 0.3) is 0 Å². The SMILES string of the molecule is CNC(C)N(C)C(C)=N. The van der Waals surface area contributed by atoms with Gasteiger partial charge in [0.1, 0.15) is 0 Å². The molecule has 0 amide bonds. The molecule has 3 nitrogen and oxygen atoms in total. The van der Waals surface area contributed by atoms with Crippen molar-refractivity contribution >= 4 is 5.84 Å². The molecule has 0 bridgehead atoms. The lowest BCUT2D eigenvalue weighted by molar-refractivity contribution is 0.344. The number of hydrogen-bond acceptors (Lipinski definition) is 2. The third-order valence-corrected chi connectivity index (χ3v) is 1.53. The highest BCUT2D eigenvalue weighted by molar-refractivity contribution is 5.76. The molecular weight excluding hydrogens is 114 g/mol. The molecule has 1 unspecified atom stereocenters. The minimum absolute atomic E-state index is 0.252. The highest BCUT2D eigenvalue weighted by Gasteiger charge is 2.04. The van der Waals surface area contributed by atoms with Crippen molar-refractivity contribution in [2.24, 2.45) is 0 Å². The highest BCUT2D eigenvalue weighted by atomic mass is 15.3. The van der Waals surface area contributed by atoms with Crippen molar-refractivity contribution < 1.29 is 0 Å². The van der Waals surface area contributed by atoms with Gasteiger partial charge in [-0.15, -0.1) is 0 Å². The fourth-order valence-corrected chi connectivity index (χ4v) is 0.484. The van der Waals surface area contributed by atoms with Crippen LogP contribution in [-0.4, -0.2) is 31.0 Å². The second kappa shape index (κ2) is 3.45. The standard InChI is InChI=1S/C6H15N3/c1-5(7)9(4)6(2)8-3/h6-8H,1-4H3. The Labute approximate surface area is 56.6 Å². The Bertz CT molecular complexity index is 100. The average molecular weight is 129 g/mol. The molecule has 0 saturated carbocycles. The molecule has 0 saturated heterocycles. The van der Waals surface area contributed by atoms with Crippen LogP contribution in [0.15, 0.2) is 0 Å². The molecule has 0 aromatic rings. The third kappa shape index (κ3) is 2.46. The Morgan fingerprint density at radius 2 is 2.11 bits per heavy atom. The van der Waals surface area contributed by atoms with Crippen LogP contribution in [0.1, 0.15) is 13.8 Å². The molecule has 0 radical (unpaired) electrons. The molecule has 0 fully saturated rings. The number of hydrogen-bond donors (Lipinski definition) is 2. The van der Waals surface area contributed by atoms with Crippen LogP contribution in [0, 0.1) is 5.41 Å². The largest absolute Gasteiger partial charge is 0.349 e. The smallest absolute Gasteiger partial charge is 0.0935 e. The van der Waals surface area contributed by atoms with E-state index in [0.29, 0.717) is 5.84 Å². The van der Waals surface area contributed by atoms with E-state index in [-0.39, 0.29) is 6.17 Å². The van der Waals surface area contributed by atoms with E-state index in [1.54, 1.807) is 6.92 Å². The summed E-state index contributed by atoms with van der Waals surface area (Å²) in [6.45, 7) is 3.78. The zero-order valence-corrected chi connectivity index (χ0v) is 6.52. The second-order valence-corrected chi connectivity index (χ2v) is 2.16. The summed E-state index contributed by atoms with van der Waals surface area (Å²) in [6, 6.07) is 0. The van der Waals surface area contributed by atoms with Crippen LogP contribution >= 0.6 is 0 Å². The van der Waals surface area contributed by atoms with E-state index >= 15 is 0 Å². The molecular formula is C6H15N3. The van der Waals surface area contributed by atoms with E-state index in [9.17, 15) is 0 Å². The molecule has 0 rings (SSSR count). The van der Waals surface area contributed by atoms with Crippen molar-refractivity contribution in [3.8, 4) is 0 Å². The van der Waals surface area contributed by atoms with Crippen molar-refractivity contribution in [3.05, 3.63) is 0 Å². The van der Waals surface area contributed by atoms with E-state index in [1.807, 2.05) is 25.9 Å². The van der Waals surface area contributed by atoms with E-state index < -0.39 is 0 Å². The van der Waals surface area contributed by atoms with Crippen LogP contribution < -0.4 is 5.32 Å². The third-order valence-electron chi connectivity index (χ3n) is 1.53. The van der Waals surface area contributed by atoms with Gasteiger partial charge < -0.3 is 10.2 Å². The zero-order valence-electron chi connectivity index (χ0n) is 6.52. The summed E-state index contributed by atoms with van der Waals surface area (Å²) < 4.78 is 0. The molecule has 0 aliphatic carbocycles.